The van der Waals surface area contributed by atoms with Gasteiger partial charge >= 0.3 is 0 Å². The van der Waals surface area contributed by atoms with Crippen LogP contribution < -0.4 is 5.32 Å². The molecule has 3 rings (SSSR count). The maximum absolute atomic E-state index is 13.5. The van der Waals surface area contributed by atoms with Crippen molar-refractivity contribution in [3.63, 3.8) is 0 Å². The van der Waals surface area contributed by atoms with E-state index in [0.717, 1.165) is 11.1 Å². The van der Waals surface area contributed by atoms with Gasteiger partial charge in [-0.3, -0.25) is 4.79 Å². The summed E-state index contributed by atoms with van der Waals surface area (Å²) in [4.78, 5) is 14.3. The fraction of sp³-hybridized carbons (Fsp3) is 0.286. The number of benzene rings is 2. The first-order valence-corrected chi connectivity index (χ1v) is 8.77. The quantitative estimate of drug-likeness (QED) is 0.705. The molecule has 0 saturated carbocycles. The standard InChI is InChI=1S/C21H24FN3O/c1-24(2)20(17-7-5-8-18(22)14-17)15-23-21(26)11-13-25-12-10-16-6-3-4-9-19(16)25/h3-10,12,14,20H,11,13,15H2,1-2H3,(H,23,26). The summed E-state index contributed by atoms with van der Waals surface area (Å²) < 4.78 is 15.6. The number of aromatic nitrogens is 1. The molecule has 2 aromatic carbocycles. The van der Waals surface area contributed by atoms with Gasteiger partial charge in [0.2, 0.25) is 5.91 Å². The van der Waals surface area contributed by atoms with Crippen molar-refractivity contribution in [2.45, 2.75) is 19.0 Å². The Morgan fingerprint density at radius 1 is 1.15 bits per heavy atom. The summed E-state index contributed by atoms with van der Waals surface area (Å²) in [7, 11) is 3.85. The van der Waals surface area contributed by atoms with Crippen LogP contribution in [0.4, 0.5) is 4.39 Å². The molecule has 0 aliphatic carbocycles. The number of likely N-dealkylation sites (N-methyl/N-ethyl adjacent to an activating group) is 1. The van der Waals surface area contributed by atoms with E-state index >= 15 is 0 Å². The first-order valence-electron chi connectivity index (χ1n) is 8.77. The van der Waals surface area contributed by atoms with Crippen molar-refractivity contribution in [3.05, 3.63) is 72.2 Å². The average Bonchev–Trinajstić information content (AvgIpc) is 3.03. The third-order valence-electron chi connectivity index (χ3n) is 4.61. The molecule has 0 aliphatic heterocycles. The third kappa shape index (κ3) is 4.29. The van der Waals surface area contributed by atoms with Gasteiger partial charge in [0, 0.05) is 31.2 Å². The van der Waals surface area contributed by atoms with Crippen molar-refractivity contribution in [1.82, 2.24) is 14.8 Å². The summed E-state index contributed by atoms with van der Waals surface area (Å²) in [5.74, 6) is -0.272. The minimum atomic E-state index is -0.264. The molecule has 5 heteroatoms. The molecule has 0 saturated heterocycles. The highest BCUT2D eigenvalue weighted by Crippen LogP contribution is 2.18. The Morgan fingerprint density at radius 2 is 1.96 bits per heavy atom. The minimum absolute atomic E-state index is 0.00830. The largest absolute Gasteiger partial charge is 0.354 e. The van der Waals surface area contributed by atoms with Crippen LogP contribution in [-0.4, -0.2) is 36.0 Å². The SMILES string of the molecule is CN(C)C(CNC(=O)CCn1ccc2ccccc21)c1cccc(F)c1. The van der Waals surface area contributed by atoms with Crippen molar-refractivity contribution in [1.29, 1.82) is 0 Å². The molecule has 1 heterocycles. The number of halogens is 1. The molecule has 1 aromatic heterocycles. The second-order valence-electron chi connectivity index (χ2n) is 6.66. The van der Waals surface area contributed by atoms with Crippen LogP contribution in [0.3, 0.4) is 0 Å². The number of carbonyl (C=O) groups is 1. The van der Waals surface area contributed by atoms with Crippen LogP contribution in [0.1, 0.15) is 18.0 Å². The van der Waals surface area contributed by atoms with Gasteiger partial charge in [-0.25, -0.2) is 4.39 Å². The fourth-order valence-corrected chi connectivity index (χ4v) is 3.17. The Labute approximate surface area is 153 Å². The summed E-state index contributed by atoms with van der Waals surface area (Å²) in [5, 5.41) is 4.15. The van der Waals surface area contributed by atoms with Gasteiger partial charge in [0.1, 0.15) is 5.82 Å². The van der Waals surface area contributed by atoms with Crippen molar-refractivity contribution in [3.8, 4) is 0 Å². The summed E-state index contributed by atoms with van der Waals surface area (Å²) in [6.45, 7) is 1.08. The zero-order chi connectivity index (χ0) is 18.5. The smallest absolute Gasteiger partial charge is 0.221 e. The minimum Gasteiger partial charge on any atom is -0.354 e. The summed E-state index contributed by atoms with van der Waals surface area (Å²) in [6, 6.07) is 16.6. The van der Waals surface area contributed by atoms with Gasteiger partial charge in [0.25, 0.3) is 0 Å². The zero-order valence-corrected chi connectivity index (χ0v) is 15.2. The molecular weight excluding hydrogens is 329 g/mol. The van der Waals surface area contributed by atoms with Gasteiger partial charge in [-0.1, -0.05) is 30.3 Å². The lowest BCUT2D eigenvalue weighted by molar-refractivity contribution is -0.121. The van der Waals surface area contributed by atoms with Gasteiger partial charge in [-0.15, -0.1) is 0 Å². The normalized spacial score (nSPS) is 12.5. The Hall–Kier alpha value is -2.66. The third-order valence-corrected chi connectivity index (χ3v) is 4.61. The average molecular weight is 353 g/mol. The predicted octanol–water partition coefficient (Wildman–Crippen LogP) is 3.59. The van der Waals surface area contributed by atoms with E-state index in [1.165, 1.54) is 17.5 Å². The lowest BCUT2D eigenvalue weighted by Gasteiger charge is -2.25. The van der Waals surface area contributed by atoms with Crippen LogP contribution in [-0.2, 0) is 11.3 Å². The summed E-state index contributed by atoms with van der Waals surface area (Å²) in [6.07, 6.45) is 2.41. The highest BCUT2D eigenvalue weighted by molar-refractivity contribution is 5.80. The first-order chi connectivity index (χ1) is 12.5. The van der Waals surface area contributed by atoms with Gasteiger partial charge in [0.15, 0.2) is 0 Å². The number of para-hydroxylation sites is 1. The number of hydrogen-bond acceptors (Lipinski definition) is 2. The van der Waals surface area contributed by atoms with E-state index in [4.69, 9.17) is 0 Å². The van der Waals surface area contributed by atoms with Crippen molar-refractivity contribution in [2.75, 3.05) is 20.6 Å². The Morgan fingerprint density at radius 3 is 2.73 bits per heavy atom. The van der Waals surface area contributed by atoms with Crippen molar-refractivity contribution >= 4 is 16.8 Å². The molecule has 0 radical (unpaired) electrons. The lowest BCUT2D eigenvalue weighted by atomic mass is 10.1. The predicted molar refractivity (Wildman–Crippen MR) is 102 cm³/mol. The Bertz CT molecular complexity index is 888. The van der Waals surface area contributed by atoms with Gasteiger partial charge in [-0.2, -0.15) is 0 Å². The molecule has 0 fully saturated rings. The van der Waals surface area contributed by atoms with Crippen molar-refractivity contribution in [2.24, 2.45) is 0 Å². The Kier molecular flexibility index (Phi) is 5.68. The number of amides is 1. The topological polar surface area (TPSA) is 37.3 Å². The number of hydrogen-bond donors (Lipinski definition) is 1. The van der Waals surface area contributed by atoms with Crippen LogP contribution in [0.25, 0.3) is 10.9 Å². The molecule has 136 valence electrons. The van der Waals surface area contributed by atoms with Crippen molar-refractivity contribution < 1.29 is 9.18 Å². The molecule has 1 atom stereocenters. The van der Waals surface area contributed by atoms with E-state index in [9.17, 15) is 9.18 Å². The van der Waals surface area contributed by atoms with Gasteiger partial charge < -0.3 is 14.8 Å². The Balaban J connectivity index is 1.57. The molecular formula is C21H24FN3O. The highest BCUT2D eigenvalue weighted by Gasteiger charge is 2.16. The molecule has 1 unspecified atom stereocenters. The van der Waals surface area contributed by atoms with E-state index in [1.54, 1.807) is 6.07 Å². The van der Waals surface area contributed by atoms with Gasteiger partial charge in [-0.05, 0) is 49.3 Å². The van der Waals surface area contributed by atoms with Crippen LogP contribution >= 0.6 is 0 Å². The van der Waals surface area contributed by atoms with E-state index < -0.39 is 0 Å². The number of nitrogens with one attached hydrogen (secondary N) is 1. The molecule has 0 bridgehead atoms. The molecule has 26 heavy (non-hydrogen) atoms. The molecule has 1 amide bonds. The molecule has 0 aliphatic rings. The molecule has 4 nitrogen and oxygen atoms in total. The number of rotatable bonds is 7. The molecule has 3 aromatic rings. The molecule has 0 spiro atoms. The van der Waals surface area contributed by atoms with E-state index in [2.05, 4.69) is 28.1 Å². The van der Waals surface area contributed by atoms with Crippen LogP contribution in [0.15, 0.2) is 60.8 Å². The number of carbonyl (C=O) groups excluding carboxylic acids is 1. The van der Waals surface area contributed by atoms with Crippen LogP contribution in [0, 0.1) is 5.82 Å². The summed E-state index contributed by atoms with van der Waals surface area (Å²) in [5.41, 5.74) is 1.98. The summed E-state index contributed by atoms with van der Waals surface area (Å²) >= 11 is 0. The first kappa shape index (κ1) is 18.1. The highest BCUT2D eigenvalue weighted by atomic mass is 19.1. The zero-order valence-electron chi connectivity index (χ0n) is 15.2. The van der Waals surface area contributed by atoms with Gasteiger partial charge in [0.05, 0.1) is 6.04 Å². The number of nitrogens with zero attached hydrogens (tertiary/aromatic N) is 2. The van der Waals surface area contributed by atoms with Crippen LogP contribution in [0.2, 0.25) is 0 Å². The molecule has 1 N–H and O–H groups in total. The van der Waals surface area contributed by atoms with E-state index in [-0.39, 0.29) is 17.8 Å². The maximum Gasteiger partial charge on any atom is 0.221 e. The van der Waals surface area contributed by atoms with Crippen LogP contribution in [0.5, 0.6) is 0 Å². The number of fused-ring (bicyclic) bond motifs is 1. The maximum atomic E-state index is 13.5. The fourth-order valence-electron chi connectivity index (χ4n) is 3.17. The van der Waals surface area contributed by atoms with E-state index in [1.807, 2.05) is 43.4 Å². The van der Waals surface area contributed by atoms with E-state index in [0.29, 0.717) is 19.5 Å². The second-order valence-corrected chi connectivity index (χ2v) is 6.66. The lowest BCUT2D eigenvalue weighted by Crippen LogP contribution is -2.34. The number of aryl methyl sites for hydroxylation is 1. The second kappa shape index (κ2) is 8.15. The monoisotopic (exact) mass is 353 g/mol.